The molecule has 2 heterocycles. The number of nitrogens with one attached hydrogen (secondary N) is 1. The average molecular weight is 378 g/mol. The van der Waals surface area contributed by atoms with Gasteiger partial charge in [0.1, 0.15) is 11.4 Å². The zero-order chi connectivity index (χ0) is 19.9. The van der Waals surface area contributed by atoms with Gasteiger partial charge in [0.25, 0.3) is 0 Å². The first-order valence-electron chi connectivity index (χ1n) is 9.74. The van der Waals surface area contributed by atoms with Gasteiger partial charge in [-0.15, -0.1) is 0 Å². The number of amides is 2. The van der Waals surface area contributed by atoms with E-state index in [0.29, 0.717) is 37.2 Å². The van der Waals surface area contributed by atoms with Crippen LogP contribution in [0.15, 0.2) is 48.5 Å². The van der Waals surface area contributed by atoms with Crippen molar-refractivity contribution in [3.63, 3.8) is 0 Å². The zero-order valence-electron chi connectivity index (χ0n) is 16.6. The molecule has 1 N–H and O–H groups in total. The first kappa shape index (κ1) is 18.5. The number of nitrogens with zero attached hydrogens (tertiary/aromatic N) is 1. The minimum absolute atomic E-state index is 0.0744. The van der Waals surface area contributed by atoms with Crippen LogP contribution in [-0.4, -0.2) is 35.4 Å². The van der Waals surface area contributed by atoms with Crippen LogP contribution in [0, 0.1) is 0 Å². The Morgan fingerprint density at radius 3 is 2.54 bits per heavy atom. The van der Waals surface area contributed by atoms with Crippen LogP contribution in [0.2, 0.25) is 0 Å². The third-order valence-corrected chi connectivity index (χ3v) is 5.60. The highest BCUT2D eigenvalue weighted by Crippen LogP contribution is 2.38. The van der Waals surface area contributed by atoms with Crippen molar-refractivity contribution in [1.29, 1.82) is 0 Å². The fourth-order valence-electron chi connectivity index (χ4n) is 3.94. The molecular formula is C23H26N2O3. The third-order valence-electron chi connectivity index (χ3n) is 5.60. The smallest absolute Gasteiger partial charge is 0.321 e. The van der Waals surface area contributed by atoms with Crippen molar-refractivity contribution in [2.24, 2.45) is 0 Å². The molecule has 0 bridgehead atoms. The number of para-hydroxylation sites is 1. The molecule has 1 saturated heterocycles. The minimum atomic E-state index is -0.612. The fraction of sp³-hybridized carbons (Fsp3) is 0.391. The lowest BCUT2D eigenvalue weighted by Crippen LogP contribution is -2.45. The van der Waals surface area contributed by atoms with E-state index < -0.39 is 5.60 Å². The van der Waals surface area contributed by atoms with Crippen molar-refractivity contribution in [3.05, 3.63) is 59.7 Å². The van der Waals surface area contributed by atoms with Crippen molar-refractivity contribution in [2.45, 2.75) is 44.6 Å². The van der Waals surface area contributed by atoms with Gasteiger partial charge in [-0.05, 0) is 35.2 Å². The molecule has 0 saturated carbocycles. The van der Waals surface area contributed by atoms with Crippen LogP contribution >= 0.6 is 0 Å². The molecule has 1 fully saturated rings. The topological polar surface area (TPSA) is 58.6 Å². The molecule has 2 aromatic rings. The van der Waals surface area contributed by atoms with Gasteiger partial charge in [-0.2, -0.15) is 0 Å². The van der Waals surface area contributed by atoms with Crippen LogP contribution in [0.1, 0.15) is 49.5 Å². The number of carbonyl (C=O) groups is 2. The molecule has 5 heteroatoms. The summed E-state index contributed by atoms with van der Waals surface area (Å²) in [6, 6.07) is 15.1. The first-order chi connectivity index (χ1) is 13.3. The molecule has 0 radical (unpaired) electrons. The Kier molecular flexibility index (Phi) is 4.41. The van der Waals surface area contributed by atoms with Gasteiger partial charge in [0, 0.05) is 18.7 Å². The number of Topliss-reactive ketones (excluding diaryl/α,β-unsaturated/α-hetero) is 1. The number of rotatable bonds is 1. The lowest BCUT2D eigenvalue weighted by molar-refractivity contribution is 0.0482. The van der Waals surface area contributed by atoms with Crippen molar-refractivity contribution < 1.29 is 14.3 Å². The highest BCUT2D eigenvalue weighted by atomic mass is 16.5. The van der Waals surface area contributed by atoms with E-state index in [9.17, 15) is 9.59 Å². The van der Waals surface area contributed by atoms with Crippen LogP contribution in [0.3, 0.4) is 0 Å². The molecule has 2 aromatic carbocycles. The molecule has 4 rings (SSSR count). The quantitative estimate of drug-likeness (QED) is 0.787. The molecule has 2 amide bonds. The molecule has 1 atom stereocenters. The molecule has 1 spiro atoms. The fourth-order valence-corrected chi connectivity index (χ4v) is 3.94. The molecule has 146 valence electrons. The summed E-state index contributed by atoms with van der Waals surface area (Å²) in [6.07, 6.45) is 0.970. The molecule has 1 unspecified atom stereocenters. The normalized spacial score (nSPS) is 21.4. The number of urea groups is 1. The highest BCUT2D eigenvalue weighted by Gasteiger charge is 2.46. The number of anilines is 1. The zero-order valence-corrected chi connectivity index (χ0v) is 16.6. The maximum Gasteiger partial charge on any atom is 0.321 e. The van der Waals surface area contributed by atoms with Crippen molar-refractivity contribution >= 4 is 17.5 Å². The van der Waals surface area contributed by atoms with Gasteiger partial charge in [0.15, 0.2) is 5.78 Å². The van der Waals surface area contributed by atoms with Gasteiger partial charge >= 0.3 is 6.03 Å². The predicted octanol–water partition coefficient (Wildman–Crippen LogP) is 4.63. The van der Waals surface area contributed by atoms with E-state index in [1.165, 1.54) is 5.56 Å². The van der Waals surface area contributed by atoms with Crippen molar-refractivity contribution in [3.8, 4) is 5.75 Å². The maximum atomic E-state index is 12.7. The Hall–Kier alpha value is -2.82. The summed E-state index contributed by atoms with van der Waals surface area (Å²) in [5, 5.41) is 2.96. The summed E-state index contributed by atoms with van der Waals surface area (Å²) >= 11 is 0. The van der Waals surface area contributed by atoms with Crippen molar-refractivity contribution in [1.82, 2.24) is 4.90 Å². The monoisotopic (exact) mass is 378 g/mol. The number of benzene rings is 2. The van der Waals surface area contributed by atoms with Crippen LogP contribution in [0.4, 0.5) is 10.5 Å². The molecule has 28 heavy (non-hydrogen) atoms. The number of ketones is 1. The van der Waals surface area contributed by atoms with E-state index >= 15 is 0 Å². The number of ether oxygens (including phenoxy) is 1. The Morgan fingerprint density at radius 1 is 1.11 bits per heavy atom. The first-order valence-corrected chi connectivity index (χ1v) is 9.74. The van der Waals surface area contributed by atoms with E-state index in [4.69, 9.17) is 4.74 Å². The van der Waals surface area contributed by atoms with Crippen LogP contribution < -0.4 is 10.1 Å². The van der Waals surface area contributed by atoms with Crippen LogP contribution in [-0.2, 0) is 5.41 Å². The predicted molar refractivity (Wildman–Crippen MR) is 109 cm³/mol. The third kappa shape index (κ3) is 3.49. The Bertz CT molecular complexity index is 914. The minimum Gasteiger partial charge on any atom is -0.484 e. The summed E-state index contributed by atoms with van der Waals surface area (Å²) in [5.74, 6) is 0.709. The van der Waals surface area contributed by atoms with E-state index in [0.717, 1.165) is 5.69 Å². The summed E-state index contributed by atoms with van der Waals surface area (Å²) < 4.78 is 6.19. The standard InChI is InChI=1S/C23H26N2O3/c1-22(2,3)16-8-10-17(11-9-16)24-21(27)25-13-12-23(15-25)14-19(26)18-6-4-5-7-20(18)28-23/h4-11H,12-15H2,1-3H3,(H,24,27). The van der Waals surface area contributed by atoms with Gasteiger partial charge in [-0.1, -0.05) is 45.0 Å². The largest absolute Gasteiger partial charge is 0.484 e. The molecule has 0 aromatic heterocycles. The Balaban J connectivity index is 1.43. The van der Waals surface area contributed by atoms with Crippen LogP contribution in [0.5, 0.6) is 5.75 Å². The maximum absolute atomic E-state index is 12.7. The van der Waals surface area contributed by atoms with E-state index in [-0.39, 0.29) is 17.2 Å². The van der Waals surface area contributed by atoms with E-state index in [2.05, 4.69) is 26.1 Å². The number of fused-ring (bicyclic) bond motifs is 1. The van der Waals surface area contributed by atoms with E-state index in [1.54, 1.807) is 11.0 Å². The molecule has 5 nitrogen and oxygen atoms in total. The second-order valence-corrected chi connectivity index (χ2v) is 8.81. The number of carbonyl (C=O) groups excluding carboxylic acids is 2. The second kappa shape index (κ2) is 6.66. The number of hydrogen-bond acceptors (Lipinski definition) is 3. The second-order valence-electron chi connectivity index (χ2n) is 8.81. The lowest BCUT2D eigenvalue weighted by Gasteiger charge is -2.34. The van der Waals surface area contributed by atoms with Gasteiger partial charge < -0.3 is 15.0 Å². The van der Waals surface area contributed by atoms with Gasteiger partial charge in [-0.25, -0.2) is 4.79 Å². The number of hydrogen-bond donors (Lipinski definition) is 1. The van der Waals surface area contributed by atoms with Gasteiger partial charge in [0.05, 0.1) is 18.5 Å². The summed E-state index contributed by atoms with van der Waals surface area (Å²) in [6.45, 7) is 7.47. The Labute approximate surface area is 165 Å². The lowest BCUT2D eigenvalue weighted by atomic mass is 9.87. The molecular weight excluding hydrogens is 352 g/mol. The Morgan fingerprint density at radius 2 is 1.82 bits per heavy atom. The average Bonchev–Trinajstić information content (AvgIpc) is 3.04. The van der Waals surface area contributed by atoms with Crippen molar-refractivity contribution in [2.75, 3.05) is 18.4 Å². The summed E-state index contributed by atoms with van der Waals surface area (Å²) in [5.41, 5.74) is 2.09. The molecule has 2 aliphatic rings. The molecule has 0 aliphatic carbocycles. The van der Waals surface area contributed by atoms with Gasteiger partial charge in [0.2, 0.25) is 0 Å². The van der Waals surface area contributed by atoms with Gasteiger partial charge in [-0.3, -0.25) is 4.79 Å². The number of likely N-dealkylation sites (tertiary alicyclic amines) is 1. The summed E-state index contributed by atoms with van der Waals surface area (Å²) in [4.78, 5) is 27.0. The highest BCUT2D eigenvalue weighted by molar-refractivity contribution is 6.00. The van der Waals surface area contributed by atoms with E-state index in [1.807, 2.05) is 42.5 Å². The molecule has 2 aliphatic heterocycles. The SMILES string of the molecule is CC(C)(C)c1ccc(NC(=O)N2CCC3(CC(=O)c4ccccc4O3)C2)cc1. The van der Waals surface area contributed by atoms with Crippen LogP contribution in [0.25, 0.3) is 0 Å². The summed E-state index contributed by atoms with van der Waals surface area (Å²) in [7, 11) is 0.